The number of benzene rings is 2. The van der Waals surface area contributed by atoms with Crippen LogP contribution < -0.4 is 20.1 Å². The average molecular weight is 444 g/mol. The predicted molar refractivity (Wildman–Crippen MR) is 126 cm³/mol. The molecule has 33 heavy (non-hydrogen) atoms. The number of carbonyl (C=O) groups is 1. The zero-order valence-electron chi connectivity index (χ0n) is 18.8. The number of amides is 2. The van der Waals surface area contributed by atoms with Gasteiger partial charge in [-0.2, -0.15) is 4.98 Å². The first kappa shape index (κ1) is 21.8. The molecular weight excluding hydrogens is 420 g/mol. The van der Waals surface area contributed by atoms with Crippen LogP contribution in [-0.4, -0.2) is 32.7 Å². The van der Waals surface area contributed by atoms with Gasteiger partial charge < -0.3 is 20.1 Å². The minimum absolute atomic E-state index is 0.344. The first-order valence-corrected chi connectivity index (χ1v) is 10.3. The Morgan fingerprint density at radius 2 is 1.70 bits per heavy atom. The van der Waals surface area contributed by atoms with Gasteiger partial charge in [0.2, 0.25) is 5.88 Å². The normalized spacial score (nSPS) is 10.5. The molecule has 9 nitrogen and oxygen atoms in total. The van der Waals surface area contributed by atoms with Gasteiger partial charge in [0, 0.05) is 29.8 Å². The fraction of sp³-hybridized carbons (Fsp3) is 0.167. The number of anilines is 2. The fourth-order valence-corrected chi connectivity index (χ4v) is 3.24. The molecule has 4 rings (SSSR count). The maximum Gasteiger partial charge on any atom is 0.323 e. The van der Waals surface area contributed by atoms with E-state index in [1.165, 1.54) is 0 Å². The Bertz CT molecular complexity index is 1280. The average Bonchev–Trinajstić information content (AvgIpc) is 3.22. The lowest BCUT2D eigenvalue weighted by molar-refractivity contribution is 0.262. The molecule has 0 radical (unpaired) electrons. The van der Waals surface area contributed by atoms with Crippen molar-refractivity contribution in [2.24, 2.45) is 0 Å². The molecular formula is C24H24N6O3. The van der Waals surface area contributed by atoms with Crippen molar-refractivity contribution in [2.75, 3.05) is 17.7 Å². The van der Waals surface area contributed by atoms with Crippen molar-refractivity contribution in [3.8, 4) is 23.2 Å². The monoisotopic (exact) mass is 444 g/mol. The number of hydrogen-bond acceptors (Lipinski definition) is 6. The number of nitrogens with zero attached hydrogens (tertiary/aromatic N) is 4. The molecule has 4 aromatic rings. The van der Waals surface area contributed by atoms with Gasteiger partial charge in [0.15, 0.2) is 0 Å². The molecule has 9 heteroatoms. The van der Waals surface area contributed by atoms with Crippen molar-refractivity contribution in [2.45, 2.75) is 20.8 Å². The number of aromatic nitrogens is 4. The van der Waals surface area contributed by atoms with Gasteiger partial charge in [0.25, 0.3) is 0 Å². The first-order chi connectivity index (χ1) is 15.9. The maximum atomic E-state index is 12.4. The maximum absolute atomic E-state index is 12.4. The van der Waals surface area contributed by atoms with Crippen LogP contribution in [0.1, 0.15) is 17.2 Å². The number of aryl methyl sites for hydroxylation is 3. The summed E-state index contributed by atoms with van der Waals surface area (Å²) in [5, 5.41) is 5.64. The lowest BCUT2D eigenvalue weighted by Gasteiger charge is -2.12. The van der Waals surface area contributed by atoms with E-state index in [4.69, 9.17) is 9.47 Å². The van der Waals surface area contributed by atoms with Gasteiger partial charge >= 0.3 is 6.03 Å². The number of urea groups is 1. The number of methoxy groups -OCH3 is 1. The summed E-state index contributed by atoms with van der Waals surface area (Å²) in [6.07, 6.45) is 3.55. The minimum Gasteiger partial charge on any atom is -0.497 e. The Hall–Kier alpha value is -4.40. The highest BCUT2D eigenvalue weighted by Gasteiger charge is 2.09. The van der Waals surface area contributed by atoms with Crippen LogP contribution in [0.25, 0.3) is 5.82 Å². The number of ether oxygens (including phenoxy) is 2. The Labute approximate surface area is 191 Å². The summed E-state index contributed by atoms with van der Waals surface area (Å²) in [5.74, 6) is 3.81. The molecule has 0 bridgehead atoms. The Kier molecular flexibility index (Phi) is 6.21. The first-order valence-electron chi connectivity index (χ1n) is 10.3. The summed E-state index contributed by atoms with van der Waals surface area (Å²) in [5.41, 5.74) is 2.23. The van der Waals surface area contributed by atoms with Crippen molar-refractivity contribution >= 4 is 17.4 Å². The molecule has 0 unspecified atom stereocenters. The molecule has 2 aromatic heterocycles. The molecule has 2 aromatic carbocycles. The van der Waals surface area contributed by atoms with Gasteiger partial charge in [0.05, 0.1) is 7.11 Å². The van der Waals surface area contributed by atoms with Crippen LogP contribution in [0.5, 0.6) is 17.4 Å². The number of hydrogen-bond donors (Lipinski definition) is 2. The van der Waals surface area contributed by atoms with E-state index in [-0.39, 0.29) is 6.03 Å². The molecule has 2 amide bonds. The van der Waals surface area contributed by atoms with Crippen LogP contribution in [0, 0.1) is 20.8 Å². The highest BCUT2D eigenvalue weighted by atomic mass is 16.5. The standard InChI is InChI=1S/C24H24N6O3/c1-15-13-20(32-4)9-10-21(15)29-24(31)28-18-5-7-19(8-6-18)33-23-14-22(26-16(2)27-23)30-12-11-25-17(30)3/h5-14H,1-4H3,(H2,28,29,31). The second-order valence-corrected chi connectivity index (χ2v) is 7.34. The topological polar surface area (TPSA) is 103 Å². The van der Waals surface area contributed by atoms with Crippen molar-refractivity contribution in [3.63, 3.8) is 0 Å². The smallest absolute Gasteiger partial charge is 0.323 e. The molecule has 0 saturated heterocycles. The van der Waals surface area contributed by atoms with Gasteiger partial charge in [-0.25, -0.2) is 14.8 Å². The molecule has 0 atom stereocenters. The van der Waals surface area contributed by atoms with Gasteiger partial charge in [0.1, 0.15) is 29.0 Å². The molecule has 0 saturated carbocycles. The fourth-order valence-electron chi connectivity index (χ4n) is 3.24. The highest BCUT2D eigenvalue weighted by molar-refractivity contribution is 6.00. The largest absolute Gasteiger partial charge is 0.497 e. The molecule has 0 spiro atoms. The van der Waals surface area contributed by atoms with Crippen LogP contribution in [0.15, 0.2) is 60.9 Å². The number of rotatable bonds is 6. The summed E-state index contributed by atoms with van der Waals surface area (Å²) in [4.78, 5) is 25.4. The zero-order valence-corrected chi connectivity index (χ0v) is 18.8. The van der Waals surface area contributed by atoms with Gasteiger partial charge in [-0.05, 0) is 68.8 Å². The third-order valence-electron chi connectivity index (χ3n) is 4.89. The number of carbonyl (C=O) groups excluding carboxylic acids is 1. The summed E-state index contributed by atoms with van der Waals surface area (Å²) in [6.45, 7) is 5.60. The molecule has 2 N–H and O–H groups in total. The van der Waals surface area contributed by atoms with Gasteiger partial charge in [-0.1, -0.05) is 0 Å². The van der Waals surface area contributed by atoms with Crippen LogP contribution >= 0.6 is 0 Å². The van der Waals surface area contributed by atoms with Crippen LogP contribution in [0.3, 0.4) is 0 Å². The van der Waals surface area contributed by atoms with Crippen molar-refractivity contribution in [3.05, 3.63) is 78.1 Å². The Morgan fingerprint density at radius 3 is 2.36 bits per heavy atom. The Morgan fingerprint density at radius 1 is 0.939 bits per heavy atom. The number of nitrogens with one attached hydrogen (secondary N) is 2. The molecule has 0 aliphatic rings. The van der Waals surface area contributed by atoms with Crippen molar-refractivity contribution in [1.82, 2.24) is 19.5 Å². The van der Waals surface area contributed by atoms with Crippen molar-refractivity contribution in [1.29, 1.82) is 0 Å². The summed E-state index contributed by atoms with van der Waals surface area (Å²) in [7, 11) is 1.60. The van der Waals surface area contributed by atoms with Crippen LogP contribution in [0.4, 0.5) is 16.2 Å². The Balaban J connectivity index is 1.41. The van der Waals surface area contributed by atoms with E-state index in [1.807, 2.05) is 30.7 Å². The van der Waals surface area contributed by atoms with E-state index in [9.17, 15) is 4.79 Å². The predicted octanol–water partition coefficient (Wildman–Crippen LogP) is 5.03. The quantitative estimate of drug-likeness (QED) is 0.432. The molecule has 0 aliphatic carbocycles. The van der Waals surface area contributed by atoms with Crippen LogP contribution in [-0.2, 0) is 0 Å². The third-order valence-corrected chi connectivity index (χ3v) is 4.89. The van der Waals surface area contributed by atoms with Crippen molar-refractivity contribution < 1.29 is 14.3 Å². The second kappa shape index (κ2) is 9.39. The zero-order chi connectivity index (χ0) is 23.4. The number of imidazole rings is 1. The van der Waals surface area contributed by atoms with E-state index in [0.29, 0.717) is 34.6 Å². The van der Waals surface area contributed by atoms with Crippen LogP contribution in [0.2, 0.25) is 0 Å². The van der Waals surface area contributed by atoms with E-state index in [2.05, 4.69) is 25.6 Å². The van der Waals surface area contributed by atoms with E-state index in [0.717, 1.165) is 17.1 Å². The third kappa shape index (κ3) is 5.27. The lowest BCUT2D eigenvalue weighted by Crippen LogP contribution is -2.19. The molecule has 0 aliphatic heterocycles. The minimum atomic E-state index is -0.344. The molecule has 168 valence electrons. The van der Waals surface area contributed by atoms with E-state index >= 15 is 0 Å². The van der Waals surface area contributed by atoms with E-state index < -0.39 is 0 Å². The highest BCUT2D eigenvalue weighted by Crippen LogP contribution is 2.24. The van der Waals surface area contributed by atoms with Gasteiger partial charge in [-0.15, -0.1) is 0 Å². The lowest BCUT2D eigenvalue weighted by atomic mass is 10.2. The summed E-state index contributed by atoms with van der Waals surface area (Å²) >= 11 is 0. The van der Waals surface area contributed by atoms with E-state index in [1.54, 1.807) is 62.7 Å². The van der Waals surface area contributed by atoms with Gasteiger partial charge in [-0.3, -0.25) is 4.57 Å². The molecule has 2 heterocycles. The second-order valence-electron chi connectivity index (χ2n) is 7.34. The molecule has 0 fully saturated rings. The summed E-state index contributed by atoms with van der Waals surface area (Å²) in [6, 6.07) is 13.9. The SMILES string of the molecule is COc1ccc(NC(=O)Nc2ccc(Oc3cc(-n4ccnc4C)nc(C)n3)cc2)c(C)c1. The summed E-state index contributed by atoms with van der Waals surface area (Å²) < 4.78 is 13.0.